The average molecular weight is 453 g/mol. The molecule has 0 saturated carbocycles. The highest BCUT2D eigenvalue weighted by atomic mass is 32.1. The molecule has 13 nitrogen and oxygen atoms in total. The van der Waals surface area contributed by atoms with Crippen LogP contribution in [0, 0.1) is 0 Å². The van der Waals surface area contributed by atoms with E-state index in [1.165, 1.54) is 0 Å². The van der Waals surface area contributed by atoms with Gasteiger partial charge in [0.25, 0.3) is 0 Å². The summed E-state index contributed by atoms with van der Waals surface area (Å²) in [7, 11) is 0. The van der Waals surface area contributed by atoms with Crippen molar-refractivity contribution in [1.29, 1.82) is 0 Å². The summed E-state index contributed by atoms with van der Waals surface area (Å²) in [6.07, 6.45) is -1.31. The molecule has 10 N–H and O–H groups in total. The second kappa shape index (κ2) is 12.8. The molecular weight excluding hydrogens is 428 g/mol. The van der Waals surface area contributed by atoms with E-state index in [-0.39, 0.29) is 11.5 Å². The number of nitrogens with one attached hydrogen (secondary N) is 3. The third-order valence-electron chi connectivity index (χ3n) is 3.41. The Bertz CT molecular complexity index is 662. The first-order chi connectivity index (χ1) is 13.4. The van der Waals surface area contributed by atoms with Crippen LogP contribution in [-0.2, 0) is 28.8 Å². The summed E-state index contributed by atoms with van der Waals surface area (Å²) in [4.78, 5) is 70.1. The van der Waals surface area contributed by atoms with Gasteiger partial charge < -0.3 is 38.3 Å². The number of carbonyl (C=O) groups excluding carboxylic acids is 5. The number of hydrogen-bond acceptors (Lipinski definition) is 9. The molecule has 4 atom stereocenters. The molecular formula is C14H24N6O7S2. The van der Waals surface area contributed by atoms with E-state index in [0.717, 1.165) is 0 Å². The van der Waals surface area contributed by atoms with Gasteiger partial charge in [0.05, 0.1) is 18.9 Å². The van der Waals surface area contributed by atoms with Crippen LogP contribution in [0.25, 0.3) is 0 Å². The van der Waals surface area contributed by atoms with E-state index < -0.39 is 72.5 Å². The summed E-state index contributed by atoms with van der Waals surface area (Å²) < 4.78 is 0. The minimum Gasteiger partial charge on any atom is -0.480 e. The topological polar surface area (TPSA) is 237 Å². The van der Waals surface area contributed by atoms with Crippen LogP contribution in [0.5, 0.6) is 0 Å². The number of aliphatic carboxylic acids is 1. The van der Waals surface area contributed by atoms with Crippen LogP contribution in [0.1, 0.15) is 12.8 Å². The number of carboxylic acid groups (broad SMARTS) is 1. The average Bonchev–Trinajstić information content (AvgIpc) is 2.62. The highest BCUT2D eigenvalue weighted by Gasteiger charge is 2.31. The number of carboxylic acids is 1. The summed E-state index contributed by atoms with van der Waals surface area (Å²) in [5.74, 6) is -6.50. The van der Waals surface area contributed by atoms with Crippen molar-refractivity contribution in [2.24, 2.45) is 17.2 Å². The number of nitrogens with two attached hydrogens (primary N) is 3. The Hall–Kier alpha value is -2.52. The van der Waals surface area contributed by atoms with Gasteiger partial charge in [0.2, 0.25) is 29.5 Å². The molecule has 4 unspecified atom stereocenters. The van der Waals surface area contributed by atoms with E-state index in [9.17, 15) is 28.8 Å². The molecule has 0 aliphatic carbocycles. The van der Waals surface area contributed by atoms with Crippen molar-refractivity contribution in [3.63, 3.8) is 0 Å². The Kier molecular flexibility index (Phi) is 11.7. The molecule has 0 aromatic rings. The zero-order valence-electron chi connectivity index (χ0n) is 15.2. The Morgan fingerprint density at radius 3 is 1.41 bits per heavy atom. The number of primary amides is 2. The molecule has 5 amide bonds. The third-order valence-corrected chi connectivity index (χ3v) is 4.17. The summed E-state index contributed by atoms with van der Waals surface area (Å²) in [5, 5.41) is 15.4. The molecule has 0 aromatic heterocycles. The van der Waals surface area contributed by atoms with Gasteiger partial charge in [-0.3, -0.25) is 24.0 Å². The smallest absolute Gasteiger partial charge is 0.327 e. The van der Waals surface area contributed by atoms with Crippen LogP contribution in [0.15, 0.2) is 0 Å². The summed E-state index contributed by atoms with van der Waals surface area (Å²) in [6, 6.07) is -5.56. The molecule has 0 fully saturated rings. The maximum Gasteiger partial charge on any atom is 0.327 e. The van der Waals surface area contributed by atoms with Crippen LogP contribution in [0.2, 0.25) is 0 Å². The summed E-state index contributed by atoms with van der Waals surface area (Å²) in [5.41, 5.74) is 15.6. The van der Waals surface area contributed by atoms with Gasteiger partial charge in [-0.2, -0.15) is 25.3 Å². The highest BCUT2D eigenvalue weighted by Crippen LogP contribution is 2.00. The lowest BCUT2D eigenvalue weighted by molar-refractivity contribution is -0.142. The predicted octanol–water partition coefficient (Wildman–Crippen LogP) is -4.54. The lowest BCUT2D eigenvalue weighted by atomic mass is 10.1. The van der Waals surface area contributed by atoms with E-state index in [4.69, 9.17) is 22.3 Å². The molecule has 0 rings (SSSR count). The van der Waals surface area contributed by atoms with Crippen molar-refractivity contribution >= 4 is 60.8 Å². The minimum atomic E-state index is -1.58. The molecule has 0 saturated heterocycles. The fraction of sp³-hybridized carbons (Fsp3) is 0.571. The second-order valence-corrected chi connectivity index (χ2v) is 6.56. The van der Waals surface area contributed by atoms with Crippen LogP contribution >= 0.6 is 25.3 Å². The van der Waals surface area contributed by atoms with E-state index in [1.807, 2.05) is 0 Å². The van der Waals surface area contributed by atoms with Crippen molar-refractivity contribution in [3.05, 3.63) is 0 Å². The molecule has 0 aromatic carbocycles. The molecule has 0 spiro atoms. The Morgan fingerprint density at radius 2 is 1.10 bits per heavy atom. The van der Waals surface area contributed by atoms with Crippen molar-refractivity contribution in [1.82, 2.24) is 16.0 Å². The Morgan fingerprint density at radius 1 is 0.724 bits per heavy atom. The van der Waals surface area contributed by atoms with Crippen LogP contribution in [0.4, 0.5) is 0 Å². The van der Waals surface area contributed by atoms with Gasteiger partial charge in [-0.25, -0.2) is 4.79 Å². The van der Waals surface area contributed by atoms with Gasteiger partial charge in [-0.1, -0.05) is 0 Å². The number of carbonyl (C=O) groups is 6. The normalized spacial score (nSPS) is 14.6. The standard InChI is InChI=1S/C14H24N6O7S2/c15-5(3-28)11(23)18-6(1-9(16)21)12(24)19-7(2-10(17)22)13(25)20-8(4-29)14(26)27/h5-8,28-29H,1-4,15H2,(H2,16,21)(H2,17,22)(H,18,23)(H,19,24)(H,20,25)(H,26,27). The lowest BCUT2D eigenvalue weighted by Gasteiger charge is -2.23. The Balaban J connectivity index is 5.42. The van der Waals surface area contributed by atoms with Gasteiger partial charge in [-0.05, 0) is 0 Å². The zero-order valence-corrected chi connectivity index (χ0v) is 16.9. The van der Waals surface area contributed by atoms with E-state index in [1.54, 1.807) is 0 Å². The Labute approximate surface area is 176 Å². The maximum absolute atomic E-state index is 12.5. The summed E-state index contributed by atoms with van der Waals surface area (Å²) in [6.45, 7) is 0. The van der Waals surface area contributed by atoms with E-state index in [0.29, 0.717) is 0 Å². The lowest BCUT2D eigenvalue weighted by Crippen LogP contribution is -2.58. The first-order valence-corrected chi connectivity index (χ1v) is 9.37. The summed E-state index contributed by atoms with van der Waals surface area (Å²) >= 11 is 7.62. The fourth-order valence-electron chi connectivity index (χ4n) is 1.91. The van der Waals surface area contributed by atoms with Gasteiger partial charge in [-0.15, -0.1) is 0 Å². The van der Waals surface area contributed by atoms with Gasteiger partial charge in [0.15, 0.2) is 0 Å². The quantitative estimate of drug-likeness (QED) is 0.123. The number of thiol groups is 2. The van der Waals surface area contributed by atoms with Gasteiger partial charge in [0.1, 0.15) is 18.1 Å². The minimum absolute atomic E-state index is 0.0518. The molecule has 0 heterocycles. The SMILES string of the molecule is NC(=O)CC(NC(=O)C(N)CS)C(=O)NC(CC(N)=O)C(=O)NC(CS)C(=O)O. The largest absolute Gasteiger partial charge is 0.480 e. The van der Waals surface area contributed by atoms with Crippen LogP contribution in [-0.4, -0.2) is 76.3 Å². The molecule has 164 valence electrons. The molecule has 0 radical (unpaired) electrons. The molecule has 29 heavy (non-hydrogen) atoms. The maximum atomic E-state index is 12.5. The molecule has 0 aliphatic rings. The first kappa shape index (κ1) is 26.5. The highest BCUT2D eigenvalue weighted by molar-refractivity contribution is 7.80. The zero-order chi connectivity index (χ0) is 22.7. The van der Waals surface area contributed by atoms with Crippen molar-refractivity contribution in [2.75, 3.05) is 11.5 Å². The van der Waals surface area contributed by atoms with Crippen molar-refractivity contribution in [3.8, 4) is 0 Å². The van der Waals surface area contributed by atoms with E-state index >= 15 is 0 Å². The number of hydrogen-bond donors (Lipinski definition) is 9. The van der Waals surface area contributed by atoms with Gasteiger partial charge >= 0.3 is 5.97 Å². The second-order valence-electron chi connectivity index (χ2n) is 5.83. The van der Waals surface area contributed by atoms with Crippen molar-refractivity contribution in [2.45, 2.75) is 37.0 Å². The van der Waals surface area contributed by atoms with Crippen molar-refractivity contribution < 1.29 is 33.9 Å². The third kappa shape index (κ3) is 10.00. The number of rotatable bonds is 13. The molecule has 0 bridgehead atoms. The monoisotopic (exact) mass is 452 g/mol. The van der Waals surface area contributed by atoms with Crippen LogP contribution < -0.4 is 33.2 Å². The number of amides is 5. The fourth-order valence-corrected chi connectivity index (χ4v) is 2.33. The predicted molar refractivity (Wildman–Crippen MR) is 107 cm³/mol. The van der Waals surface area contributed by atoms with E-state index in [2.05, 4.69) is 41.2 Å². The van der Waals surface area contributed by atoms with Crippen LogP contribution in [0.3, 0.4) is 0 Å². The first-order valence-electron chi connectivity index (χ1n) is 8.10. The molecule has 15 heteroatoms. The van der Waals surface area contributed by atoms with Gasteiger partial charge in [0, 0.05) is 11.5 Å². The molecule has 0 aliphatic heterocycles.